The molecule has 0 bridgehead atoms. The fourth-order valence-electron chi connectivity index (χ4n) is 1.85. The zero-order valence-corrected chi connectivity index (χ0v) is 9.80. The van der Waals surface area contributed by atoms with Gasteiger partial charge in [-0.3, -0.25) is 4.98 Å². The maximum absolute atomic E-state index is 6.14. The highest BCUT2D eigenvalue weighted by atomic mass is 35.5. The molecule has 0 saturated heterocycles. The minimum absolute atomic E-state index is 0.789. The van der Waals surface area contributed by atoms with Crippen LogP contribution in [0.1, 0.15) is 24.5 Å². The number of halogens is 1. The van der Waals surface area contributed by atoms with Gasteiger partial charge in [0.15, 0.2) is 0 Å². The lowest BCUT2D eigenvalue weighted by Crippen LogP contribution is -1.90. The Balaban J connectivity index is 2.66. The molecule has 0 spiro atoms. The van der Waals surface area contributed by atoms with Gasteiger partial charge in [0.2, 0.25) is 0 Å². The topological polar surface area (TPSA) is 12.9 Å². The van der Waals surface area contributed by atoms with Crippen molar-refractivity contribution in [2.24, 2.45) is 0 Å². The Morgan fingerprint density at radius 2 is 2.13 bits per heavy atom. The average molecular weight is 220 g/mol. The highest BCUT2D eigenvalue weighted by molar-refractivity contribution is 6.35. The van der Waals surface area contributed by atoms with E-state index in [1.807, 2.05) is 6.07 Å². The first-order valence-corrected chi connectivity index (χ1v) is 5.64. The summed E-state index contributed by atoms with van der Waals surface area (Å²) in [6, 6.07) is 6.13. The summed E-state index contributed by atoms with van der Waals surface area (Å²) in [4.78, 5) is 4.32. The summed E-state index contributed by atoms with van der Waals surface area (Å²) in [5.41, 5.74) is 3.67. The molecule has 1 aromatic carbocycles. The molecular weight excluding hydrogens is 206 g/mol. The van der Waals surface area contributed by atoms with E-state index in [1.165, 1.54) is 11.1 Å². The average Bonchev–Trinajstić information content (AvgIpc) is 2.21. The molecule has 2 aromatic rings. The molecule has 2 rings (SSSR count). The van der Waals surface area contributed by atoms with E-state index in [2.05, 4.69) is 31.0 Å². The van der Waals surface area contributed by atoms with Crippen molar-refractivity contribution in [1.82, 2.24) is 4.98 Å². The molecule has 0 amide bonds. The van der Waals surface area contributed by atoms with Crippen molar-refractivity contribution < 1.29 is 0 Å². The standard InChI is InChI=1S/C13H14ClN/c1-3-4-10-8-11-12(14)5-6-15-13(11)7-9(10)2/h5-8H,3-4H2,1-2H3. The highest BCUT2D eigenvalue weighted by Gasteiger charge is 2.04. The van der Waals surface area contributed by atoms with Gasteiger partial charge in [0.05, 0.1) is 10.5 Å². The Morgan fingerprint density at radius 1 is 1.33 bits per heavy atom. The molecule has 2 heteroatoms. The number of hydrogen-bond acceptors (Lipinski definition) is 1. The van der Waals surface area contributed by atoms with Crippen molar-refractivity contribution in [3.8, 4) is 0 Å². The number of rotatable bonds is 2. The van der Waals surface area contributed by atoms with Gasteiger partial charge in [0.1, 0.15) is 0 Å². The van der Waals surface area contributed by atoms with Crippen LogP contribution in [0.2, 0.25) is 5.02 Å². The molecule has 0 fully saturated rings. The number of nitrogens with zero attached hydrogens (tertiary/aromatic N) is 1. The molecule has 0 aliphatic heterocycles. The van der Waals surface area contributed by atoms with Crippen LogP contribution in [-0.4, -0.2) is 4.98 Å². The van der Waals surface area contributed by atoms with Crippen molar-refractivity contribution in [2.45, 2.75) is 26.7 Å². The first kappa shape index (κ1) is 10.4. The van der Waals surface area contributed by atoms with E-state index in [0.29, 0.717) is 0 Å². The van der Waals surface area contributed by atoms with Crippen LogP contribution in [0, 0.1) is 6.92 Å². The number of aromatic nitrogens is 1. The minimum Gasteiger partial charge on any atom is -0.256 e. The van der Waals surface area contributed by atoms with E-state index in [-0.39, 0.29) is 0 Å². The fourth-order valence-corrected chi connectivity index (χ4v) is 2.05. The van der Waals surface area contributed by atoms with Gasteiger partial charge >= 0.3 is 0 Å². The third-order valence-electron chi connectivity index (χ3n) is 2.67. The molecule has 0 unspecified atom stereocenters. The van der Waals surface area contributed by atoms with Gasteiger partial charge in [-0.05, 0) is 42.7 Å². The molecule has 0 aliphatic rings. The van der Waals surface area contributed by atoms with E-state index < -0.39 is 0 Å². The van der Waals surface area contributed by atoms with Gasteiger partial charge in [-0.2, -0.15) is 0 Å². The molecule has 15 heavy (non-hydrogen) atoms. The number of benzene rings is 1. The van der Waals surface area contributed by atoms with Crippen molar-refractivity contribution in [3.63, 3.8) is 0 Å². The number of aryl methyl sites for hydroxylation is 2. The predicted octanol–water partition coefficient (Wildman–Crippen LogP) is 4.15. The first-order chi connectivity index (χ1) is 7.22. The summed E-state index contributed by atoms with van der Waals surface area (Å²) in [7, 11) is 0. The molecule has 78 valence electrons. The van der Waals surface area contributed by atoms with E-state index in [0.717, 1.165) is 28.8 Å². The quantitative estimate of drug-likeness (QED) is 0.740. The normalized spacial score (nSPS) is 10.9. The summed E-state index contributed by atoms with van der Waals surface area (Å²) in [6.07, 6.45) is 4.01. The first-order valence-electron chi connectivity index (χ1n) is 5.26. The van der Waals surface area contributed by atoms with E-state index in [9.17, 15) is 0 Å². The third kappa shape index (κ3) is 1.98. The van der Waals surface area contributed by atoms with Crippen LogP contribution >= 0.6 is 11.6 Å². The second-order valence-electron chi connectivity index (χ2n) is 3.84. The number of hydrogen-bond donors (Lipinski definition) is 0. The minimum atomic E-state index is 0.789. The van der Waals surface area contributed by atoms with E-state index in [4.69, 9.17) is 11.6 Å². The molecule has 0 atom stereocenters. The maximum atomic E-state index is 6.14. The van der Waals surface area contributed by atoms with Crippen LogP contribution in [0.25, 0.3) is 10.9 Å². The number of fused-ring (bicyclic) bond motifs is 1. The van der Waals surface area contributed by atoms with E-state index >= 15 is 0 Å². The molecule has 1 heterocycles. The van der Waals surface area contributed by atoms with Crippen LogP contribution in [-0.2, 0) is 6.42 Å². The Labute approximate surface area is 95.1 Å². The zero-order chi connectivity index (χ0) is 10.8. The van der Waals surface area contributed by atoms with Crippen LogP contribution < -0.4 is 0 Å². The van der Waals surface area contributed by atoms with Crippen LogP contribution in [0.5, 0.6) is 0 Å². The van der Waals surface area contributed by atoms with Crippen molar-refractivity contribution in [2.75, 3.05) is 0 Å². The summed E-state index contributed by atoms with van der Waals surface area (Å²) < 4.78 is 0. The second kappa shape index (κ2) is 4.19. The van der Waals surface area contributed by atoms with Crippen molar-refractivity contribution in [3.05, 3.63) is 40.5 Å². The van der Waals surface area contributed by atoms with Gasteiger partial charge in [-0.15, -0.1) is 0 Å². The lowest BCUT2D eigenvalue weighted by atomic mass is 10.0. The lowest BCUT2D eigenvalue weighted by molar-refractivity contribution is 0.914. The Hall–Kier alpha value is -1.08. The number of pyridine rings is 1. The molecule has 0 aliphatic carbocycles. The molecule has 0 saturated carbocycles. The molecule has 0 radical (unpaired) electrons. The van der Waals surface area contributed by atoms with Gasteiger partial charge in [-0.1, -0.05) is 24.9 Å². The molecular formula is C13H14ClN. The summed E-state index contributed by atoms with van der Waals surface area (Å²) in [6.45, 7) is 4.32. The second-order valence-corrected chi connectivity index (χ2v) is 4.25. The van der Waals surface area contributed by atoms with Crippen LogP contribution in [0.15, 0.2) is 24.4 Å². The summed E-state index contributed by atoms with van der Waals surface area (Å²) in [5.74, 6) is 0. The predicted molar refractivity (Wildman–Crippen MR) is 65.5 cm³/mol. The molecule has 1 nitrogen and oxygen atoms in total. The van der Waals surface area contributed by atoms with Gasteiger partial charge in [0, 0.05) is 11.6 Å². The van der Waals surface area contributed by atoms with Crippen molar-refractivity contribution >= 4 is 22.5 Å². The largest absolute Gasteiger partial charge is 0.256 e. The highest BCUT2D eigenvalue weighted by Crippen LogP contribution is 2.25. The monoisotopic (exact) mass is 219 g/mol. The summed E-state index contributed by atoms with van der Waals surface area (Å²) >= 11 is 6.14. The van der Waals surface area contributed by atoms with Gasteiger partial charge in [-0.25, -0.2) is 0 Å². The molecule has 1 aromatic heterocycles. The zero-order valence-electron chi connectivity index (χ0n) is 9.05. The van der Waals surface area contributed by atoms with Crippen molar-refractivity contribution in [1.29, 1.82) is 0 Å². The van der Waals surface area contributed by atoms with Crippen LogP contribution in [0.4, 0.5) is 0 Å². The Morgan fingerprint density at radius 3 is 2.87 bits per heavy atom. The third-order valence-corrected chi connectivity index (χ3v) is 2.99. The van der Waals surface area contributed by atoms with Gasteiger partial charge in [0.25, 0.3) is 0 Å². The smallest absolute Gasteiger partial charge is 0.0719 e. The van der Waals surface area contributed by atoms with Gasteiger partial charge < -0.3 is 0 Å². The Bertz CT molecular complexity index is 491. The Kier molecular flexibility index (Phi) is 2.92. The fraction of sp³-hybridized carbons (Fsp3) is 0.308. The van der Waals surface area contributed by atoms with Crippen LogP contribution in [0.3, 0.4) is 0 Å². The summed E-state index contributed by atoms with van der Waals surface area (Å²) in [5, 5.41) is 1.85. The maximum Gasteiger partial charge on any atom is 0.0719 e. The molecule has 0 N–H and O–H groups in total. The lowest BCUT2D eigenvalue weighted by Gasteiger charge is -2.07. The SMILES string of the molecule is CCCc1cc2c(Cl)ccnc2cc1C. The van der Waals surface area contributed by atoms with E-state index in [1.54, 1.807) is 6.20 Å².